The van der Waals surface area contributed by atoms with Gasteiger partial charge in [-0.15, -0.1) is 0 Å². The molecule has 6 nitrogen and oxygen atoms in total. The molecule has 0 bridgehead atoms. The molecule has 182 valence electrons. The molecule has 0 radical (unpaired) electrons. The predicted octanol–water partition coefficient (Wildman–Crippen LogP) is 4.67. The minimum atomic E-state index is -1.12. The molecule has 1 aliphatic heterocycles. The van der Waals surface area contributed by atoms with E-state index in [9.17, 15) is 4.79 Å². The van der Waals surface area contributed by atoms with E-state index >= 15 is 0 Å². The number of benzene rings is 3. The van der Waals surface area contributed by atoms with Crippen molar-refractivity contribution in [1.82, 2.24) is 5.32 Å². The Morgan fingerprint density at radius 3 is 2.51 bits per heavy atom. The first-order valence-electron chi connectivity index (χ1n) is 11.7. The van der Waals surface area contributed by atoms with E-state index in [1.165, 1.54) is 0 Å². The topological polar surface area (TPSA) is 80.2 Å². The highest BCUT2D eigenvalue weighted by atomic mass is 79.9. The standard InChI is InChI=1S/C28H29BrN2O4/c1-20-28(18-23-10-5-6-11-25(23)29,27(33)30-19-21-8-3-2-4-9-21)31-26(35-20)22-12-14-24(15-13-22)34-17-7-16-32/h2-6,8-15,20,32H,7,16-19H2,1H3,(H,30,33)/t20-,28-/m1/s1. The zero-order valence-electron chi connectivity index (χ0n) is 19.6. The summed E-state index contributed by atoms with van der Waals surface area (Å²) in [5.41, 5.74) is 1.65. The van der Waals surface area contributed by atoms with Crippen molar-refractivity contribution < 1.29 is 19.4 Å². The Hall–Kier alpha value is -3.16. The van der Waals surface area contributed by atoms with Gasteiger partial charge in [0.1, 0.15) is 11.9 Å². The zero-order valence-corrected chi connectivity index (χ0v) is 21.2. The average molecular weight is 537 g/mol. The van der Waals surface area contributed by atoms with Gasteiger partial charge in [-0.2, -0.15) is 0 Å². The number of nitrogens with zero attached hydrogens (tertiary/aromatic N) is 1. The average Bonchev–Trinajstić information content (AvgIpc) is 3.22. The van der Waals surface area contributed by atoms with E-state index in [-0.39, 0.29) is 12.5 Å². The number of carbonyl (C=O) groups excluding carboxylic acids is 1. The van der Waals surface area contributed by atoms with Crippen LogP contribution in [0.5, 0.6) is 5.75 Å². The Balaban J connectivity index is 1.61. The maximum Gasteiger partial charge on any atom is 0.252 e. The summed E-state index contributed by atoms with van der Waals surface area (Å²) < 4.78 is 12.7. The molecule has 2 N–H and O–H groups in total. The number of rotatable bonds is 10. The summed E-state index contributed by atoms with van der Waals surface area (Å²) in [4.78, 5) is 18.6. The summed E-state index contributed by atoms with van der Waals surface area (Å²) in [7, 11) is 0. The van der Waals surface area contributed by atoms with E-state index in [2.05, 4.69) is 21.2 Å². The zero-order chi connectivity index (χ0) is 24.7. The lowest BCUT2D eigenvalue weighted by Crippen LogP contribution is -2.52. The molecule has 1 heterocycles. The quantitative estimate of drug-likeness (QED) is 0.369. The van der Waals surface area contributed by atoms with Gasteiger partial charge in [-0.3, -0.25) is 4.79 Å². The third-order valence-corrected chi connectivity index (χ3v) is 6.81. The lowest BCUT2D eigenvalue weighted by Gasteiger charge is -2.28. The molecule has 0 saturated carbocycles. The monoisotopic (exact) mass is 536 g/mol. The van der Waals surface area contributed by atoms with Gasteiger partial charge in [0, 0.05) is 36.0 Å². The molecule has 0 spiro atoms. The first-order valence-corrected chi connectivity index (χ1v) is 12.5. The molecule has 1 amide bonds. The molecule has 3 aromatic rings. The molecule has 7 heteroatoms. The molecule has 0 unspecified atom stereocenters. The Bertz CT molecular complexity index is 1170. The summed E-state index contributed by atoms with van der Waals surface area (Å²) in [6, 6.07) is 25.1. The lowest BCUT2D eigenvalue weighted by molar-refractivity contribution is -0.128. The molecular formula is C28H29BrN2O4. The SMILES string of the molecule is C[C@H]1OC(c2ccc(OCCCO)cc2)=N[C@@]1(Cc1ccccc1Br)C(=O)NCc1ccccc1. The summed E-state index contributed by atoms with van der Waals surface area (Å²) >= 11 is 3.62. The van der Waals surface area contributed by atoms with Gasteiger partial charge < -0.3 is 19.9 Å². The van der Waals surface area contributed by atoms with Crippen LogP contribution in [0.25, 0.3) is 0 Å². The maximum absolute atomic E-state index is 13.7. The molecule has 0 aliphatic carbocycles. The number of ether oxygens (including phenoxy) is 2. The van der Waals surface area contributed by atoms with Crippen LogP contribution in [0.15, 0.2) is 88.3 Å². The number of nitrogens with one attached hydrogen (secondary N) is 1. The summed E-state index contributed by atoms with van der Waals surface area (Å²) in [6.45, 7) is 2.84. The van der Waals surface area contributed by atoms with Gasteiger partial charge >= 0.3 is 0 Å². The highest BCUT2D eigenvalue weighted by Crippen LogP contribution is 2.34. The van der Waals surface area contributed by atoms with Gasteiger partial charge in [0.2, 0.25) is 5.90 Å². The van der Waals surface area contributed by atoms with Gasteiger partial charge in [-0.1, -0.05) is 64.5 Å². The van der Waals surface area contributed by atoms with Crippen LogP contribution in [0.4, 0.5) is 0 Å². The second-order valence-electron chi connectivity index (χ2n) is 8.49. The van der Waals surface area contributed by atoms with Crippen LogP contribution in [0.3, 0.4) is 0 Å². The van der Waals surface area contributed by atoms with Gasteiger partial charge in [0.05, 0.1) is 6.61 Å². The van der Waals surface area contributed by atoms with E-state index in [1.54, 1.807) is 0 Å². The van der Waals surface area contributed by atoms with Crippen LogP contribution >= 0.6 is 15.9 Å². The largest absolute Gasteiger partial charge is 0.494 e. The smallest absolute Gasteiger partial charge is 0.252 e. The van der Waals surface area contributed by atoms with Crippen LogP contribution in [-0.2, 0) is 22.5 Å². The Morgan fingerprint density at radius 1 is 1.09 bits per heavy atom. The van der Waals surface area contributed by atoms with Crippen molar-refractivity contribution in [3.8, 4) is 5.75 Å². The van der Waals surface area contributed by atoms with Crippen molar-refractivity contribution in [3.63, 3.8) is 0 Å². The third-order valence-electron chi connectivity index (χ3n) is 6.04. The highest BCUT2D eigenvalue weighted by molar-refractivity contribution is 9.10. The van der Waals surface area contributed by atoms with Gasteiger partial charge in [0.15, 0.2) is 5.54 Å². The van der Waals surface area contributed by atoms with Crippen molar-refractivity contribution in [2.45, 2.75) is 38.0 Å². The molecule has 0 saturated heterocycles. The van der Waals surface area contributed by atoms with Gasteiger partial charge in [-0.05, 0) is 48.4 Å². The number of hydrogen-bond donors (Lipinski definition) is 2. The molecule has 0 aromatic heterocycles. The van der Waals surface area contributed by atoms with Crippen LogP contribution in [-0.4, -0.2) is 41.8 Å². The van der Waals surface area contributed by atoms with Gasteiger partial charge in [0.25, 0.3) is 5.91 Å². The van der Waals surface area contributed by atoms with Crippen molar-refractivity contribution >= 4 is 27.7 Å². The van der Waals surface area contributed by atoms with Crippen LogP contribution in [0.2, 0.25) is 0 Å². The van der Waals surface area contributed by atoms with E-state index in [1.807, 2.05) is 85.8 Å². The Labute approximate surface area is 214 Å². The maximum atomic E-state index is 13.7. The second kappa shape index (κ2) is 11.5. The van der Waals surface area contributed by atoms with Crippen LogP contribution in [0.1, 0.15) is 30.0 Å². The van der Waals surface area contributed by atoms with E-state index in [0.29, 0.717) is 37.6 Å². The minimum Gasteiger partial charge on any atom is -0.494 e. The first kappa shape index (κ1) is 24.9. The molecule has 0 fully saturated rings. The van der Waals surface area contributed by atoms with Crippen LogP contribution in [0, 0.1) is 0 Å². The van der Waals surface area contributed by atoms with Crippen molar-refractivity contribution in [3.05, 3.63) is 100 Å². The number of hydrogen-bond acceptors (Lipinski definition) is 5. The lowest BCUT2D eigenvalue weighted by atomic mass is 9.86. The molecular weight excluding hydrogens is 508 g/mol. The second-order valence-corrected chi connectivity index (χ2v) is 9.34. The fourth-order valence-corrected chi connectivity index (χ4v) is 4.43. The third kappa shape index (κ3) is 5.92. The molecule has 1 aliphatic rings. The fraction of sp³-hybridized carbons (Fsp3) is 0.286. The molecule has 2 atom stereocenters. The van der Waals surface area contributed by atoms with E-state index in [4.69, 9.17) is 19.6 Å². The number of aliphatic hydroxyl groups excluding tert-OH is 1. The van der Waals surface area contributed by atoms with Gasteiger partial charge in [-0.25, -0.2) is 4.99 Å². The van der Waals surface area contributed by atoms with E-state index < -0.39 is 11.6 Å². The number of aliphatic hydroxyl groups is 1. The fourth-order valence-electron chi connectivity index (χ4n) is 4.01. The van der Waals surface area contributed by atoms with E-state index in [0.717, 1.165) is 21.2 Å². The molecule has 35 heavy (non-hydrogen) atoms. The minimum absolute atomic E-state index is 0.0898. The first-order chi connectivity index (χ1) is 17.0. The Morgan fingerprint density at radius 2 is 1.80 bits per heavy atom. The number of halogens is 1. The molecule has 4 rings (SSSR count). The van der Waals surface area contributed by atoms with Crippen molar-refractivity contribution in [1.29, 1.82) is 0 Å². The van der Waals surface area contributed by atoms with Crippen molar-refractivity contribution in [2.75, 3.05) is 13.2 Å². The summed E-state index contributed by atoms with van der Waals surface area (Å²) in [6.07, 6.45) is 0.494. The highest BCUT2D eigenvalue weighted by Gasteiger charge is 2.50. The number of carbonyl (C=O) groups is 1. The number of amides is 1. The Kier molecular flexibility index (Phi) is 8.21. The summed E-state index contributed by atoms with van der Waals surface area (Å²) in [5.74, 6) is 0.957. The molecule has 3 aromatic carbocycles. The summed E-state index contributed by atoms with van der Waals surface area (Å²) in [5, 5.41) is 12.0. The van der Waals surface area contributed by atoms with Crippen molar-refractivity contribution in [2.24, 2.45) is 4.99 Å². The predicted molar refractivity (Wildman–Crippen MR) is 140 cm³/mol. The normalized spacial score (nSPS) is 19.1. The number of aliphatic imine (C=N–C) groups is 1. The van der Waals surface area contributed by atoms with Crippen LogP contribution < -0.4 is 10.1 Å².